The number of benzene rings is 1. The van der Waals surface area contributed by atoms with Gasteiger partial charge in [-0.1, -0.05) is 6.07 Å². The minimum Gasteiger partial charge on any atom is -0.347 e. The van der Waals surface area contributed by atoms with E-state index in [9.17, 15) is 9.59 Å². The number of likely N-dealkylation sites (tertiary alicyclic amines) is 1. The van der Waals surface area contributed by atoms with E-state index in [1.807, 2.05) is 6.07 Å². The molecule has 1 spiro atoms. The lowest BCUT2D eigenvalue weighted by atomic mass is 9.98. The van der Waals surface area contributed by atoms with Gasteiger partial charge in [-0.05, 0) is 31.0 Å². The lowest BCUT2D eigenvalue weighted by Gasteiger charge is -2.38. The van der Waals surface area contributed by atoms with Crippen molar-refractivity contribution >= 4 is 17.5 Å². The fourth-order valence-corrected chi connectivity index (χ4v) is 3.72. The van der Waals surface area contributed by atoms with Crippen LogP contribution in [0, 0.1) is 16.7 Å². The van der Waals surface area contributed by atoms with Gasteiger partial charge in [-0.25, -0.2) is 0 Å². The Hall–Kier alpha value is -2.43. The van der Waals surface area contributed by atoms with Crippen LogP contribution in [0.2, 0.25) is 0 Å². The van der Waals surface area contributed by atoms with Crippen molar-refractivity contribution in [2.24, 2.45) is 5.41 Å². The summed E-state index contributed by atoms with van der Waals surface area (Å²) < 4.78 is 11.4. The third-order valence-electron chi connectivity index (χ3n) is 5.47. The first-order valence-electron chi connectivity index (χ1n) is 8.96. The van der Waals surface area contributed by atoms with E-state index in [-0.39, 0.29) is 11.8 Å². The van der Waals surface area contributed by atoms with Crippen LogP contribution in [0.1, 0.15) is 31.2 Å². The van der Waals surface area contributed by atoms with Crippen molar-refractivity contribution in [3.63, 3.8) is 0 Å². The van der Waals surface area contributed by atoms with Crippen LogP contribution in [-0.4, -0.2) is 48.8 Å². The standard InChI is InChI=1S/C19H21N3O4/c20-13-14-2-1-3-15(12-14)21-16(23)18(4-5-18)17(24)22-8-6-19(7-9-22)25-10-11-26-19/h1-3,12H,4-11H2,(H,21,23). The van der Waals surface area contributed by atoms with Crippen molar-refractivity contribution < 1.29 is 19.1 Å². The molecule has 2 heterocycles. The van der Waals surface area contributed by atoms with Gasteiger partial charge in [0.15, 0.2) is 5.79 Å². The van der Waals surface area contributed by atoms with Gasteiger partial charge in [-0.2, -0.15) is 5.26 Å². The van der Waals surface area contributed by atoms with Crippen LogP contribution in [0.15, 0.2) is 24.3 Å². The average molecular weight is 355 g/mol. The third kappa shape index (κ3) is 2.96. The zero-order valence-electron chi connectivity index (χ0n) is 14.5. The lowest BCUT2D eigenvalue weighted by Crippen LogP contribution is -2.51. The van der Waals surface area contributed by atoms with Gasteiger partial charge in [-0.15, -0.1) is 0 Å². The fourth-order valence-electron chi connectivity index (χ4n) is 3.72. The normalized spacial score (nSPS) is 22.7. The topological polar surface area (TPSA) is 91.7 Å². The highest BCUT2D eigenvalue weighted by molar-refractivity contribution is 6.13. The van der Waals surface area contributed by atoms with Crippen molar-refractivity contribution in [3.05, 3.63) is 29.8 Å². The molecule has 7 nitrogen and oxygen atoms in total. The van der Waals surface area contributed by atoms with Gasteiger partial charge in [-0.3, -0.25) is 9.59 Å². The quantitative estimate of drug-likeness (QED) is 0.832. The smallest absolute Gasteiger partial charge is 0.240 e. The number of nitriles is 1. The summed E-state index contributed by atoms with van der Waals surface area (Å²) in [5, 5.41) is 11.8. The van der Waals surface area contributed by atoms with Crippen molar-refractivity contribution in [1.82, 2.24) is 4.90 Å². The molecular formula is C19H21N3O4. The summed E-state index contributed by atoms with van der Waals surface area (Å²) in [6.07, 6.45) is 2.40. The van der Waals surface area contributed by atoms with Crippen LogP contribution < -0.4 is 5.32 Å². The first-order chi connectivity index (χ1) is 12.6. The number of piperidine rings is 1. The van der Waals surface area contributed by atoms with Crippen LogP contribution in [0.25, 0.3) is 0 Å². The molecule has 1 aromatic carbocycles. The first kappa shape index (κ1) is 17.0. The number of amides is 2. The molecular weight excluding hydrogens is 334 g/mol. The summed E-state index contributed by atoms with van der Waals surface area (Å²) in [5.41, 5.74) is 0.0419. The van der Waals surface area contributed by atoms with E-state index in [0.29, 0.717) is 63.2 Å². The molecule has 0 bridgehead atoms. The van der Waals surface area contributed by atoms with Crippen molar-refractivity contribution in [3.8, 4) is 6.07 Å². The molecule has 0 atom stereocenters. The molecule has 3 fully saturated rings. The van der Waals surface area contributed by atoms with Crippen LogP contribution in [-0.2, 0) is 19.1 Å². The highest BCUT2D eigenvalue weighted by Gasteiger charge is 2.58. The van der Waals surface area contributed by atoms with Gasteiger partial charge >= 0.3 is 0 Å². The molecule has 0 unspecified atom stereocenters. The van der Waals surface area contributed by atoms with Gasteiger partial charge < -0.3 is 19.7 Å². The van der Waals surface area contributed by atoms with Gasteiger partial charge in [0, 0.05) is 31.6 Å². The number of carbonyl (C=O) groups excluding carboxylic acids is 2. The van der Waals surface area contributed by atoms with E-state index < -0.39 is 11.2 Å². The number of rotatable bonds is 3. The minimum atomic E-state index is -0.968. The van der Waals surface area contributed by atoms with Gasteiger partial charge in [0.25, 0.3) is 0 Å². The predicted octanol–water partition coefficient (Wildman–Crippen LogP) is 1.64. The Balaban J connectivity index is 1.41. The molecule has 26 heavy (non-hydrogen) atoms. The highest BCUT2D eigenvalue weighted by atomic mass is 16.7. The molecule has 1 saturated carbocycles. The molecule has 0 radical (unpaired) electrons. The predicted molar refractivity (Wildman–Crippen MR) is 91.9 cm³/mol. The second-order valence-electron chi connectivity index (χ2n) is 7.13. The minimum absolute atomic E-state index is 0.112. The maximum atomic E-state index is 13.0. The Morgan fingerprint density at radius 3 is 2.42 bits per heavy atom. The summed E-state index contributed by atoms with van der Waals surface area (Å²) in [6.45, 7) is 2.28. The number of hydrogen-bond donors (Lipinski definition) is 1. The van der Waals surface area contributed by atoms with Gasteiger partial charge in [0.2, 0.25) is 11.8 Å². The molecule has 4 rings (SSSR count). The van der Waals surface area contributed by atoms with Crippen LogP contribution in [0.5, 0.6) is 0 Å². The second kappa shape index (κ2) is 6.38. The lowest BCUT2D eigenvalue weighted by molar-refractivity contribution is -0.188. The molecule has 1 aromatic rings. The van der Waals surface area contributed by atoms with Crippen molar-refractivity contribution in [1.29, 1.82) is 5.26 Å². The average Bonchev–Trinajstić information content (AvgIpc) is 3.37. The number of nitrogens with zero attached hydrogens (tertiary/aromatic N) is 2. The van der Waals surface area contributed by atoms with E-state index in [4.69, 9.17) is 14.7 Å². The highest BCUT2D eigenvalue weighted by Crippen LogP contribution is 2.49. The van der Waals surface area contributed by atoms with E-state index >= 15 is 0 Å². The number of carbonyl (C=O) groups is 2. The molecule has 1 N–H and O–H groups in total. The van der Waals surface area contributed by atoms with E-state index in [2.05, 4.69) is 5.32 Å². The number of anilines is 1. The van der Waals surface area contributed by atoms with Crippen molar-refractivity contribution in [2.45, 2.75) is 31.5 Å². The Kier molecular flexibility index (Phi) is 4.17. The monoisotopic (exact) mass is 355 g/mol. The number of ether oxygens (including phenoxy) is 2. The molecule has 1 aliphatic carbocycles. The maximum absolute atomic E-state index is 13.0. The van der Waals surface area contributed by atoms with Gasteiger partial charge in [0.05, 0.1) is 24.8 Å². The molecule has 2 amide bonds. The summed E-state index contributed by atoms with van der Waals surface area (Å²) in [6, 6.07) is 8.75. The van der Waals surface area contributed by atoms with Crippen LogP contribution in [0.3, 0.4) is 0 Å². The van der Waals surface area contributed by atoms with E-state index in [0.717, 1.165) is 0 Å². The molecule has 2 aliphatic heterocycles. The molecule has 0 aromatic heterocycles. The summed E-state index contributed by atoms with van der Waals surface area (Å²) >= 11 is 0. The Bertz CT molecular complexity index is 765. The molecule has 3 aliphatic rings. The van der Waals surface area contributed by atoms with E-state index in [1.165, 1.54) is 0 Å². The Morgan fingerprint density at radius 2 is 1.81 bits per heavy atom. The largest absolute Gasteiger partial charge is 0.347 e. The summed E-state index contributed by atoms with van der Waals surface area (Å²) in [7, 11) is 0. The molecule has 2 saturated heterocycles. The van der Waals surface area contributed by atoms with Crippen LogP contribution in [0.4, 0.5) is 5.69 Å². The molecule has 136 valence electrons. The Labute approximate surface area is 151 Å². The van der Waals surface area contributed by atoms with Gasteiger partial charge in [0.1, 0.15) is 5.41 Å². The zero-order valence-corrected chi connectivity index (χ0v) is 14.5. The first-order valence-corrected chi connectivity index (χ1v) is 8.96. The number of nitrogens with one attached hydrogen (secondary N) is 1. The summed E-state index contributed by atoms with van der Waals surface area (Å²) in [5.74, 6) is -0.932. The SMILES string of the molecule is N#Cc1cccc(NC(=O)C2(C(=O)N3CCC4(CC3)OCCO4)CC2)c1. The maximum Gasteiger partial charge on any atom is 0.240 e. The van der Waals surface area contributed by atoms with E-state index in [1.54, 1.807) is 29.2 Å². The Morgan fingerprint density at radius 1 is 1.12 bits per heavy atom. The fraction of sp³-hybridized carbons (Fsp3) is 0.526. The van der Waals surface area contributed by atoms with Crippen molar-refractivity contribution in [2.75, 3.05) is 31.6 Å². The second-order valence-corrected chi connectivity index (χ2v) is 7.13. The van der Waals surface area contributed by atoms with Crippen LogP contribution >= 0.6 is 0 Å². The third-order valence-corrected chi connectivity index (χ3v) is 5.47. The summed E-state index contributed by atoms with van der Waals surface area (Å²) in [4.78, 5) is 27.5. The molecule has 7 heteroatoms. The number of hydrogen-bond acceptors (Lipinski definition) is 5. The zero-order chi connectivity index (χ0) is 18.2.